The average Bonchev–Trinajstić information content (AvgIpc) is 3.06. The Balaban J connectivity index is 2.34. The second-order valence-electron chi connectivity index (χ2n) is 12.5. The van der Waals surface area contributed by atoms with Gasteiger partial charge in [-0.05, 0) is 0 Å². The molecule has 0 spiro atoms. The van der Waals surface area contributed by atoms with Crippen molar-refractivity contribution in [3.63, 3.8) is 0 Å². The number of fused-ring (bicyclic) bond motifs is 1. The Morgan fingerprint density at radius 3 is 1.71 bits per heavy atom. The van der Waals surface area contributed by atoms with Crippen molar-refractivity contribution in [3.05, 3.63) is 101 Å². The summed E-state index contributed by atoms with van der Waals surface area (Å²) in [7, 11) is 0. The van der Waals surface area contributed by atoms with Gasteiger partial charge in [-0.1, -0.05) is 0 Å². The Bertz CT molecular complexity index is 1280. The Kier molecular flexibility index (Phi) is 4.69. The maximum atomic E-state index is 4.48. The number of allylic oxidation sites excluding steroid dienone is 1. The van der Waals surface area contributed by atoms with Crippen molar-refractivity contribution in [1.29, 1.82) is 0 Å². The van der Waals surface area contributed by atoms with Crippen molar-refractivity contribution in [2.45, 2.75) is 39.2 Å². The second-order valence-corrected chi connectivity index (χ2v) is 59.1. The molecule has 3 aromatic rings. The van der Waals surface area contributed by atoms with Crippen LogP contribution in [0.3, 0.4) is 0 Å². The summed E-state index contributed by atoms with van der Waals surface area (Å²) in [6.07, 6.45) is 2.34. The molecule has 0 aromatic heterocycles. The Labute approximate surface area is 191 Å². The van der Waals surface area contributed by atoms with Crippen LogP contribution in [0.1, 0.15) is 35.5 Å². The van der Waals surface area contributed by atoms with Gasteiger partial charge >= 0.3 is 193 Å². The van der Waals surface area contributed by atoms with Crippen molar-refractivity contribution in [2.24, 2.45) is 0 Å². The number of nitrogens with one attached hydrogen (secondary N) is 1. The summed E-state index contributed by atoms with van der Waals surface area (Å²) in [4.78, 5) is 0. The fourth-order valence-electron chi connectivity index (χ4n) is 7.15. The van der Waals surface area contributed by atoms with E-state index in [0.29, 0.717) is 0 Å². The first kappa shape index (κ1) is 23.1. The number of rotatable bonds is 4. The van der Waals surface area contributed by atoms with Gasteiger partial charge in [0.25, 0.3) is 0 Å². The van der Waals surface area contributed by atoms with Crippen LogP contribution in [-0.2, 0) is 14.7 Å². The van der Waals surface area contributed by atoms with Gasteiger partial charge < -0.3 is 0 Å². The molecule has 4 rings (SSSR count). The Hall–Kier alpha value is -1.06. The van der Waals surface area contributed by atoms with Gasteiger partial charge in [0.2, 0.25) is 0 Å². The molecule has 0 radical (unpaired) electrons. The van der Waals surface area contributed by atoms with Gasteiger partial charge in [-0.3, -0.25) is 0 Å². The number of halogens is 1. The Morgan fingerprint density at radius 1 is 0.774 bits per heavy atom. The van der Waals surface area contributed by atoms with Crippen LogP contribution in [0.25, 0.3) is 6.08 Å². The van der Waals surface area contributed by atoms with Crippen molar-refractivity contribution < 1.29 is 14.7 Å². The van der Waals surface area contributed by atoms with Crippen LogP contribution in [0.5, 0.6) is 0 Å². The molecule has 0 saturated heterocycles. The third kappa shape index (κ3) is 3.05. The molecular weight excluding hydrogens is 538 g/mol. The summed E-state index contributed by atoms with van der Waals surface area (Å²) in [5.41, 5.74) is 2.61. The van der Waals surface area contributed by atoms with Crippen molar-refractivity contribution >= 4 is 35.4 Å². The quantitative estimate of drug-likeness (QED) is 0.388. The molecule has 1 aliphatic carbocycles. The summed E-state index contributed by atoms with van der Waals surface area (Å²) in [6, 6.07) is 31.4. The van der Waals surface area contributed by atoms with Crippen LogP contribution in [0.4, 0.5) is 0 Å². The van der Waals surface area contributed by atoms with E-state index in [9.17, 15) is 0 Å². The molecule has 31 heavy (non-hydrogen) atoms. The molecule has 162 valence electrons. The molecule has 1 unspecified atom stereocenters. The van der Waals surface area contributed by atoms with Crippen LogP contribution in [-0.4, -0.2) is 12.4 Å². The van der Waals surface area contributed by atoms with E-state index in [1.807, 2.05) is 0 Å². The van der Waals surface area contributed by atoms with E-state index in [-0.39, 0.29) is 9.16 Å². The van der Waals surface area contributed by atoms with E-state index < -0.39 is 14.7 Å². The third-order valence-electron chi connectivity index (χ3n) is 8.02. The molecule has 1 aliphatic rings. The Morgan fingerprint density at radius 2 is 1.23 bits per heavy atom. The predicted molar refractivity (Wildman–Crippen MR) is 141 cm³/mol. The molecule has 1 nitrogen and oxygen atoms in total. The number of hydrogen-bond donors (Lipinski definition) is 1. The number of benzene rings is 3. The zero-order valence-electron chi connectivity index (χ0n) is 19.3. The summed E-state index contributed by atoms with van der Waals surface area (Å²) >= 11 is -1.30. The van der Waals surface area contributed by atoms with Crippen molar-refractivity contribution in [1.82, 2.24) is 3.26 Å². The molecule has 0 fully saturated rings. The van der Waals surface area contributed by atoms with E-state index in [0.717, 1.165) is 0 Å². The molecule has 3 aromatic carbocycles. The molecule has 1 atom stereocenters. The fourth-order valence-corrected chi connectivity index (χ4v) is 49.9. The van der Waals surface area contributed by atoms with E-state index in [2.05, 4.69) is 147 Å². The molecule has 4 heteroatoms. The summed E-state index contributed by atoms with van der Waals surface area (Å²) < 4.78 is 14.0. The molecule has 1 N–H and O–H groups in total. The van der Waals surface area contributed by atoms with Crippen LogP contribution in [0.2, 0.25) is 9.26 Å². The van der Waals surface area contributed by atoms with E-state index in [1.54, 1.807) is 0 Å². The first-order chi connectivity index (χ1) is 14.3. The molecule has 0 saturated carbocycles. The molecular formula is C27H34BrNSiZr. The maximum absolute atomic E-state index is 5.41. The van der Waals surface area contributed by atoms with Gasteiger partial charge in [-0.15, -0.1) is 0 Å². The summed E-state index contributed by atoms with van der Waals surface area (Å²) in [5.74, 6) is 0. The van der Waals surface area contributed by atoms with Crippen LogP contribution >= 0.6 is 15.9 Å². The molecule has 0 amide bonds. The van der Waals surface area contributed by atoms with Crippen molar-refractivity contribution in [2.75, 3.05) is 0 Å². The predicted octanol–water partition coefficient (Wildman–Crippen LogP) is 5.84. The fraction of sp³-hybridized carbons (Fsp3) is 0.259. The number of hydrogen-bond acceptors (Lipinski definition) is 1. The minimum absolute atomic E-state index is 0.108. The molecule has 0 heterocycles. The van der Waals surface area contributed by atoms with Crippen molar-refractivity contribution in [3.8, 4) is 0 Å². The summed E-state index contributed by atoms with van der Waals surface area (Å²) in [6.45, 7) is 9.21. The average molecular weight is 572 g/mol. The zero-order valence-corrected chi connectivity index (χ0v) is 24.8. The summed E-state index contributed by atoms with van der Waals surface area (Å²) in [5, 5.41) is 0. The zero-order chi connectivity index (χ0) is 22.7. The van der Waals surface area contributed by atoms with E-state index in [4.69, 9.17) is 0 Å². The van der Waals surface area contributed by atoms with Gasteiger partial charge in [0.05, 0.1) is 0 Å². The van der Waals surface area contributed by atoms with Crippen LogP contribution < -0.4 is 9.80 Å². The van der Waals surface area contributed by atoms with E-state index in [1.165, 1.54) is 22.2 Å². The molecule has 0 bridgehead atoms. The van der Waals surface area contributed by atoms with Gasteiger partial charge in [0, 0.05) is 0 Å². The third-order valence-corrected chi connectivity index (χ3v) is 43.8. The van der Waals surface area contributed by atoms with Gasteiger partial charge in [-0.2, -0.15) is 0 Å². The second kappa shape index (κ2) is 6.29. The standard InChI is InChI=1S/C9H6Br.2C6H5.C4H10N.2CH3.H2Si.Zr/c10-9-5-7-3-1-2-4-8(7)6-9;2*1-2-4-6-5-3-1;1-4(2,3)5;;;;/h1-6H;2*1-5H;5H,1-3H3;2*1H3;1H2;/q;;;-1;;;;+1. The SMILES string of the molecule is CC(C)(C)[NH][Zr]([CH3])([CH3])(=[SiH2])([c]1ccccc1)([c]1ccccc1)[CH]1C(Br)=Cc2ccccc21. The normalized spacial score (nSPS) is 20.0. The first-order valence-electron chi connectivity index (χ1n) is 11.1. The van der Waals surface area contributed by atoms with Crippen LogP contribution in [0.15, 0.2) is 89.4 Å². The van der Waals surface area contributed by atoms with Gasteiger partial charge in [-0.25, -0.2) is 0 Å². The van der Waals surface area contributed by atoms with Crippen LogP contribution in [0, 0.1) is 0 Å². The minimum atomic E-state index is -5.41. The van der Waals surface area contributed by atoms with Gasteiger partial charge in [0.15, 0.2) is 0 Å². The van der Waals surface area contributed by atoms with Gasteiger partial charge in [0.1, 0.15) is 0 Å². The topological polar surface area (TPSA) is 12.0 Å². The first-order valence-corrected chi connectivity index (χ1v) is 27.9. The molecule has 0 aliphatic heterocycles. The monoisotopic (exact) mass is 569 g/mol. The van der Waals surface area contributed by atoms with E-state index >= 15 is 0 Å².